The number of amides is 1. The van der Waals surface area contributed by atoms with E-state index in [1.807, 2.05) is 88.2 Å². The zero-order valence-electron chi connectivity index (χ0n) is 18.3. The molecule has 0 radical (unpaired) electrons. The fraction of sp³-hybridized carbons (Fsp3) is 0.148. The van der Waals surface area contributed by atoms with Crippen molar-refractivity contribution in [1.82, 2.24) is 24.6 Å². The molecule has 0 aliphatic rings. The average molecular weight is 436 g/mol. The van der Waals surface area contributed by atoms with Crippen molar-refractivity contribution >= 4 is 16.9 Å². The molecule has 5 rings (SSSR count). The van der Waals surface area contributed by atoms with Gasteiger partial charge in [-0.25, -0.2) is 4.98 Å². The van der Waals surface area contributed by atoms with Gasteiger partial charge in [-0.2, -0.15) is 5.10 Å². The second-order valence-corrected chi connectivity index (χ2v) is 8.01. The first kappa shape index (κ1) is 20.7. The first-order chi connectivity index (χ1) is 16.3. The largest absolute Gasteiger partial charge is 0.352 e. The highest BCUT2D eigenvalue weighted by atomic mass is 16.1. The van der Waals surface area contributed by atoms with Gasteiger partial charge in [0.25, 0.3) is 0 Å². The number of para-hydroxylation sites is 2. The molecule has 5 aromatic rings. The van der Waals surface area contributed by atoms with Crippen molar-refractivity contribution in [2.24, 2.45) is 0 Å². The standard InChI is InChI=1S/C27H25N5O/c33-26(15-16-31-20-29-24-13-7-8-14-25(24)31)28-17-23-19-32(18-21-9-3-1-4-10-21)30-27(23)22-11-5-2-6-12-22/h1-14,19-20H,15-18H2,(H,28,33). The number of rotatable bonds is 8. The molecule has 0 aliphatic heterocycles. The van der Waals surface area contributed by atoms with Crippen molar-refractivity contribution in [3.05, 3.63) is 109 Å². The maximum absolute atomic E-state index is 12.6. The van der Waals surface area contributed by atoms with Gasteiger partial charge in [0.15, 0.2) is 0 Å². The normalized spacial score (nSPS) is 11.0. The highest BCUT2D eigenvalue weighted by Gasteiger charge is 2.13. The molecule has 0 unspecified atom stereocenters. The van der Waals surface area contributed by atoms with Crippen LogP contribution in [0.2, 0.25) is 0 Å². The number of fused-ring (bicyclic) bond motifs is 1. The molecule has 33 heavy (non-hydrogen) atoms. The molecule has 0 saturated carbocycles. The number of aryl methyl sites for hydroxylation is 1. The summed E-state index contributed by atoms with van der Waals surface area (Å²) in [4.78, 5) is 17.0. The summed E-state index contributed by atoms with van der Waals surface area (Å²) in [6, 6.07) is 28.3. The van der Waals surface area contributed by atoms with Gasteiger partial charge in [0.05, 0.1) is 29.6 Å². The van der Waals surface area contributed by atoms with Crippen molar-refractivity contribution in [2.75, 3.05) is 0 Å². The van der Waals surface area contributed by atoms with Crippen molar-refractivity contribution in [2.45, 2.75) is 26.1 Å². The van der Waals surface area contributed by atoms with Crippen LogP contribution in [0.4, 0.5) is 0 Å². The smallest absolute Gasteiger partial charge is 0.222 e. The molecule has 0 spiro atoms. The number of carbonyl (C=O) groups excluding carboxylic acids is 1. The molecular formula is C27H25N5O. The van der Waals surface area contributed by atoms with E-state index in [4.69, 9.17) is 5.10 Å². The Kier molecular flexibility index (Phi) is 5.97. The summed E-state index contributed by atoms with van der Waals surface area (Å²) in [6.07, 6.45) is 4.21. The Labute approximate surface area is 192 Å². The molecule has 0 fully saturated rings. The van der Waals surface area contributed by atoms with Gasteiger partial charge in [0.1, 0.15) is 0 Å². The van der Waals surface area contributed by atoms with Gasteiger partial charge < -0.3 is 9.88 Å². The second kappa shape index (κ2) is 9.53. The maximum atomic E-state index is 12.6. The molecule has 0 saturated heterocycles. The summed E-state index contributed by atoms with van der Waals surface area (Å²) in [5.41, 5.74) is 6.10. The van der Waals surface area contributed by atoms with Crippen LogP contribution < -0.4 is 5.32 Å². The van der Waals surface area contributed by atoms with E-state index >= 15 is 0 Å². The van der Waals surface area contributed by atoms with E-state index in [0.29, 0.717) is 26.1 Å². The van der Waals surface area contributed by atoms with Crippen LogP contribution in [-0.2, 0) is 24.4 Å². The molecule has 0 bridgehead atoms. The highest BCUT2D eigenvalue weighted by Crippen LogP contribution is 2.22. The molecule has 2 heterocycles. The second-order valence-electron chi connectivity index (χ2n) is 8.01. The van der Waals surface area contributed by atoms with Crippen LogP contribution >= 0.6 is 0 Å². The van der Waals surface area contributed by atoms with Gasteiger partial charge in [-0.05, 0) is 17.7 Å². The first-order valence-electron chi connectivity index (χ1n) is 11.1. The topological polar surface area (TPSA) is 64.7 Å². The molecular weight excluding hydrogens is 410 g/mol. The Bertz CT molecular complexity index is 1360. The van der Waals surface area contributed by atoms with Crippen LogP contribution in [0.3, 0.4) is 0 Å². The summed E-state index contributed by atoms with van der Waals surface area (Å²) >= 11 is 0. The van der Waals surface area contributed by atoms with E-state index < -0.39 is 0 Å². The minimum atomic E-state index is 0.00241. The van der Waals surface area contributed by atoms with Crippen molar-refractivity contribution in [3.8, 4) is 11.3 Å². The lowest BCUT2D eigenvalue weighted by Crippen LogP contribution is -2.24. The molecule has 2 aromatic heterocycles. The third-order valence-corrected chi connectivity index (χ3v) is 5.66. The van der Waals surface area contributed by atoms with Crippen LogP contribution in [0.1, 0.15) is 17.5 Å². The maximum Gasteiger partial charge on any atom is 0.222 e. The molecule has 1 amide bonds. The Morgan fingerprint density at radius 1 is 0.879 bits per heavy atom. The Morgan fingerprint density at radius 3 is 2.42 bits per heavy atom. The number of aromatic nitrogens is 4. The van der Waals surface area contributed by atoms with Crippen LogP contribution in [-0.4, -0.2) is 25.2 Å². The van der Waals surface area contributed by atoms with Gasteiger partial charge in [-0.1, -0.05) is 72.8 Å². The lowest BCUT2D eigenvalue weighted by molar-refractivity contribution is -0.121. The number of nitrogens with zero attached hydrogens (tertiary/aromatic N) is 4. The zero-order valence-corrected chi connectivity index (χ0v) is 18.3. The van der Waals surface area contributed by atoms with Crippen molar-refractivity contribution < 1.29 is 4.79 Å². The van der Waals surface area contributed by atoms with E-state index in [0.717, 1.165) is 27.9 Å². The number of benzene rings is 3. The predicted octanol–water partition coefficient (Wildman–Crippen LogP) is 4.65. The lowest BCUT2D eigenvalue weighted by Gasteiger charge is -2.07. The Morgan fingerprint density at radius 2 is 1.61 bits per heavy atom. The zero-order chi connectivity index (χ0) is 22.5. The summed E-state index contributed by atoms with van der Waals surface area (Å²) in [7, 11) is 0. The monoisotopic (exact) mass is 435 g/mol. The first-order valence-corrected chi connectivity index (χ1v) is 11.1. The van der Waals surface area contributed by atoms with Gasteiger partial charge in [0, 0.05) is 36.8 Å². The third kappa shape index (κ3) is 4.85. The van der Waals surface area contributed by atoms with Gasteiger partial charge >= 0.3 is 0 Å². The molecule has 3 aromatic carbocycles. The Balaban J connectivity index is 1.28. The highest BCUT2D eigenvalue weighted by molar-refractivity contribution is 5.77. The van der Waals surface area contributed by atoms with Crippen molar-refractivity contribution in [3.63, 3.8) is 0 Å². The van der Waals surface area contributed by atoms with Gasteiger partial charge in [-0.3, -0.25) is 9.48 Å². The molecule has 0 aliphatic carbocycles. The van der Waals surface area contributed by atoms with E-state index in [9.17, 15) is 4.79 Å². The minimum Gasteiger partial charge on any atom is -0.352 e. The summed E-state index contributed by atoms with van der Waals surface area (Å²) in [5.74, 6) is 0.00241. The minimum absolute atomic E-state index is 0.00241. The van der Waals surface area contributed by atoms with Crippen LogP contribution in [0.15, 0.2) is 97.5 Å². The van der Waals surface area contributed by atoms with Crippen LogP contribution in [0.5, 0.6) is 0 Å². The predicted molar refractivity (Wildman–Crippen MR) is 129 cm³/mol. The molecule has 1 N–H and O–H groups in total. The molecule has 6 nitrogen and oxygen atoms in total. The number of imidazole rings is 1. The van der Waals surface area contributed by atoms with Crippen LogP contribution in [0, 0.1) is 0 Å². The number of nitrogens with one attached hydrogen (secondary N) is 1. The van der Waals surface area contributed by atoms with Gasteiger partial charge in [-0.15, -0.1) is 0 Å². The summed E-state index contributed by atoms with van der Waals surface area (Å²) in [5, 5.41) is 7.90. The summed E-state index contributed by atoms with van der Waals surface area (Å²) in [6.45, 7) is 1.70. The van der Waals surface area contributed by atoms with E-state index in [1.165, 1.54) is 5.56 Å². The molecule has 0 atom stereocenters. The van der Waals surface area contributed by atoms with E-state index in [1.54, 1.807) is 6.33 Å². The lowest BCUT2D eigenvalue weighted by atomic mass is 10.1. The van der Waals surface area contributed by atoms with Crippen molar-refractivity contribution in [1.29, 1.82) is 0 Å². The molecule has 6 heteroatoms. The number of carbonyl (C=O) groups is 1. The summed E-state index contributed by atoms with van der Waals surface area (Å²) < 4.78 is 3.96. The fourth-order valence-electron chi connectivity index (χ4n) is 3.98. The number of hydrogen-bond donors (Lipinski definition) is 1. The SMILES string of the molecule is O=C(CCn1cnc2ccccc21)NCc1cn(Cc2ccccc2)nc1-c1ccccc1. The van der Waals surface area contributed by atoms with E-state index in [-0.39, 0.29) is 5.91 Å². The third-order valence-electron chi connectivity index (χ3n) is 5.66. The quantitative estimate of drug-likeness (QED) is 0.386. The fourth-order valence-corrected chi connectivity index (χ4v) is 3.98. The average Bonchev–Trinajstić information content (AvgIpc) is 3.46. The Hall–Kier alpha value is -4.19. The molecule has 164 valence electrons. The number of hydrogen-bond acceptors (Lipinski definition) is 3. The van der Waals surface area contributed by atoms with Gasteiger partial charge in [0.2, 0.25) is 5.91 Å². The van der Waals surface area contributed by atoms with E-state index in [2.05, 4.69) is 22.4 Å². The van der Waals surface area contributed by atoms with Crippen LogP contribution in [0.25, 0.3) is 22.3 Å².